The first-order chi connectivity index (χ1) is 12.8. The Kier molecular flexibility index (Phi) is 4.31. The number of hydrogen-bond acceptors (Lipinski definition) is 4. The minimum absolute atomic E-state index is 0.0933. The van der Waals surface area contributed by atoms with E-state index in [1.54, 1.807) is 18.2 Å². The lowest BCUT2D eigenvalue weighted by atomic mass is 9.76. The highest BCUT2D eigenvalue weighted by atomic mass is 35.5. The number of nitrogens with one attached hydrogen (secondary N) is 2. The summed E-state index contributed by atoms with van der Waals surface area (Å²) in [6.07, 6.45) is 1.65. The molecule has 0 unspecified atom stereocenters. The molecule has 2 N–H and O–H groups in total. The Morgan fingerprint density at radius 2 is 1.96 bits per heavy atom. The van der Waals surface area contributed by atoms with Gasteiger partial charge in [-0.15, -0.1) is 0 Å². The van der Waals surface area contributed by atoms with E-state index in [0.29, 0.717) is 22.8 Å². The fraction of sp³-hybridized carbons (Fsp3) is 0.550. The van der Waals surface area contributed by atoms with Crippen LogP contribution in [-0.2, 0) is 19.9 Å². The molecular weight excluding hydrogens is 366 g/mol. The Bertz CT molecular complexity index is 840. The molecule has 2 fully saturated rings. The monoisotopic (exact) mass is 389 g/mol. The lowest BCUT2D eigenvalue weighted by Gasteiger charge is -2.30. The van der Waals surface area contributed by atoms with Crippen molar-refractivity contribution in [2.45, 2.75) is 45.2 Å². The third kappa shape index (κ3) is 2.39. The highest BCUT2D eigenvalue weighted by molar-refractivity contribution is 6.31. The highest BCUT2D eigenvalue weighted by Crippen LogP contribution is 2.54. The van der Waals surface area contributed by atoms with Crippen molar-refractivity contribution >= 4 is 35.0 Å². The number of likely N-dealkylation sites (tertiary alicyclic amines) is 1. The highest BCUT2D eigenvalue weighted by Gasteiger charge is 2.70. The SMILES string of the molecule is CCCCN1C(=O)[C@@H]2[C@H](C(C)C)N[C@@]3(C(=O)Nc4ccc(Cl)cc43)[C@H]2C1=O. The van der Waals surface area contributed by atoms with Crippen LogP contribution in [0.5, 0.6) is 0 Å². The van der Waals surface area contributed by atoms with E-state index in [1.165, 1.54) is 4.90 Å². The number of rotatable bonds is 4. The van der Waals surface area contributed by atoms with Crippen LogP contribution in [0.25, 0.3) is 0 Å². The van der Waals surface area contributed by atoms with Crippen molar-refractivity contribution in [2.75, 3.05) is 11.9 Å². The van der Waals surface area contributed by atoms with Crippen molar-refractivity contribution in [1.82, 2.24) is 10.2 Å². The molecular formula is C20H24ClN3O3. The number of fused-ring (bicyclic) bond motifs is 4. The first-order valence-corrected chi connectivity index (χ1v) is 9.95. The van der Waals surface area contributed by atoms with Crippen molar-refractivity contribution in [3.8, 4) is 0 Å². The number of hydrogen-bond donors (Lipinski definition) is 2. The van der Waals surface area contributed by atoms with Gasteiger partial charge in [0.2, 0.25) is 17.7 Å². The summed E-state index contributed by atoms with van der Waals surface area (Å²) >= 11 is 6.21. The van der Waals surface area contributed by atoms with E-state index < -0.39 is 17.4 Å². The summed E-state index contributed by atoms with van der Waals surface area (Å²) < 4.78 is 0. The smallest absolute Gasteiger partial charge is 0.250 e. The van der Waals surface area contributed by atoms with E-state index in [1.807, 2.05) is 20.8 Å². The molecule has 3 aliphatic rings. The Hall–Kier alpha value is -1.92. The fourth-order valence-corrected chi connectivity index (χ4v) is 5.05. The zero-order valence-electron chi connectivity index (χ0n) is 15.7. The molecule has 0 bridgehead atoms. The van der Waals surface area contributed by atoms with Gasteiger partial charge in [-0.3, -0.25) is 24.6 Å². The molecule has 0 saturated carbocycles. The maximum absolute atomic E-state index is 13.3. The largest absolute Gasteiger partial charge is 0.324 e. The third-order valence-corrected chi connectivity index (χ3v) is 6.39. The molecule has 0 radical (unpaired) electrons. The molecule has 6 nitrogen and oxygen atoms in total. The second kappa shape index (κ2) is 6.31. The van der Waals surface area contributed by atoms with Crippen LogP contribution in [-0.4, -0.2) is 35.2 Å². The summed E-state index contributed by atoms with van der Waals surface area (Å²) in [4.78, 5) is 41.0. The number of imide groups is 1. The average molecular weight is 390 g/mol. The first kappa shape index (κ1) is 18.4. The lowest BCUT2D eigenvalue weighted by molar-refractivity contribution is -0.143. The molecule has 7 heteroatoms. The summed E-state index contributed by atoms with van der Waals surface area (Å²) in [5.74, 6) is -1.88. The molecule has 3 aliphatic heterocycles. The predicted octanol–water partition coefficient (Wildman–Crippen LogP) is 2.52. The van der Waals surface area contributed by atoms with Crippen molar-refractivity contribution < 1.29 is 14.4 Å². The predicted molar refractivity (Wildman–Crippen MR) is 102 cm³/mol. The van der Waals surface area contributed by atoms with Gasteiger partial charge in [0.05, 0.1) is 11.8 Å². The van der Waals surface area contributed by atoms with Crippen LogP contribution < -0.4 is 10.6 Å². The summed E-state index contributed by atoms with van der Waals surface area (Å²) in [7, 11) is 0. The van der Waals surface area contributed by atoms with Gasteiger partial charge >= 0.3 is 0 Å². The summed E-state index contributed by atoms with van der Waals surface area (Å²) in [5.41, 5.74) is 0.0667. The van der Waals surface area contributed by atoms with Crippen LogP contribution in [0, 0.1) is 17.8 Å². The van der Waals surface area contributed by atoms with Gasteiger partial charge in [0.15, 0.2) is 0 Å². The second-order valence-electron chi connectivity index (χ2n) is 8.05. The molecule has 4 rings (SSSR count). The fourth-order valence-electron chi connectivity index (χ4n) is 4.88. The van der Waals surface area contributed by atoms with Crippen molar-refractivity contribution in [2.24, 2.45) is 17.8 Å². The Labute approximate surface area is 163 Å². The molecule has 1 aromatic carbocycles. The number of carbonyl (C=O) groups is 3. The lowest BCUT2D eigenvalue weighted by Crippen LogP contribution is -2.54. The van der Waals surface area contributed by atoms with Crippen molar-refractivity contribution in [3.63, 3.8) is 0 Å². The minimum Gasteiger partial charge on any atom is -0.324 e. The summed E-state index contributed by atoms with van der Waals surface area (Å²) in [6.45, 7) is 6.44. The number of nitrogens with zero attached hydrogens (tertiary/aromatic N) is 1. The van der Waals surface area contributed by atoms with E-state index in [9.17, 15) is 14.4 Å². The maximum Gasteiger partial charge on any atom is 0.250 e. The third-order valence-electron chi connectivity index (χ3n) is 6.16. The van der Waals surface area contributed by atoms with Crippen LogP contribution in [0.3, 0.4) is 0 Å². The van der Waals surface area contributed by atoms with E-state index >= 15 is 0 Å². The molecule has 27 heavy (non-hydrogen) atoms. The number of unbranched alkanes of at least 4 members (excludes halogenated alkanes) is 1. The molecule has 1 aromatic rings. The van der Waals surface area contributed by atoms with E-state index in [-0.39, 0.29) is 29.7 Å². The summed E-state index contributed by atoms with van der Waals surface area (Å²) in [5, 5.41) is 6.78. The molecule has 1 spiro atoms. The van der Waals surface area contributed by atoms with Crippen molar-refractivity contribution in [1.29, 1.82) is 0 Å². The molecule has 144 valence electrons. The van der Waals surface area contributed by atoms with E-state index in [2.05, 4.69) is 10.6 Å². The van der Waals surface area contributed by atoms with Crippen molar-refractivity contribution in [3.05, 3.63) is 28.8 Å². The molecule has 2 saturated heterocycles. The van der Waals surface area contributed by atoms with E-state index in [0.717, 1.165) is 12.8 Å². The van der Waals surface area contributed by atoms with Gasteiger partial charge in [-0.25, -0.2) is 0 Å². The molecule has 0 aliphatic carbocycles. The normalized spacial score (nSPS) is 31.8. The average Bonchev–Trinajstić information content (AvgIpc) is 3.20. The van der Waals surface area contributed by atoms with Crippen LogP contribution in [0.2, 0.25) is 5.02 Å². The Morgan fingerprint density at radius 3 is 2.63 bits per heavy atom. The molecule has 3 amide bonds. The number of amides is 3. The second-order valence-corrected chi connectivity index (χ2v) is 8.49. The van der Waals surface area contributed by atoms with E-state index in [4.69, 9.17) is 11.6 Å². The van der Waals surface area contributed by atoms with Crippen LogP contribution >= 0.6 is 11.6 Å². The Morgan fingerprint density at radius 1 is 1.22 bits per heavy atom. The van der Waals surface area contributed by atoms with Gasteiger partial charge in [0, 0.05) is 28.9 Å². The van der Waals surface area contributed by atoms with Crippen LogP contribution in [0.1, 0.15) is 39.2 Å². The van der Waals surface area contributed by atoms with Crippen LogP contribution in [0.4, 0.5) is 5.69 Å². The molecule has 0 aromatic heterocycles. The number of benzene rings is 1. The van der Waals surface area contributed by atoms with Gasteiger partial charge < -0.3 is 5.32 Å². The van der Waals surface area contributed by atoms with Gasteiger partial charge in [0.25, 0.3) is 0 Å². The zero-order valence-corrected chi connectivity index (χ0v) is 16.5. The quantitative estimate of drug-likeness (QED) is 0.775. The van der Waals surface area contributed by atoms with Gasteiger partial charge in [-0.1, -0.05) is 38.8 Å². The zero-order chi connectivity index (χ0) is 19.5. The van der Waals surface area contributed by atoms with Gasteiger partial charge in [-0.2, -0.15) is 0 Å². The number of anilines is 1. The Balaban J connectivity index is 1.86. The maximum atomic E-state index is 13.3. The number of carbonyl (C=O) groups excluding carboxylic acids is 3. The number of halogens is 1. The first-order valence-electron chi connectivity index (χ1n) is 9.57. The topological polar surface area (TPSA) is 78.5 Å². The molecule has 4 atom stereocenters. The minimum atomic E-state index is -1.24. The molecule has 3 heterocycles. The standard InChI is InChI=1S/C20H24ClN3O3/c1-4-5-8-24-17(25)14-15(18(24)26)20(23-16(14)10(2)3)12-9-11(21)6-7-13(12)22-19(20)27/h6-7,9-10,14-16,23H,4-5,8H2,1-3H3,(H,22,27)/t14-,15+,16-,20+/m0/s1. The van der Waals surface area contributed by atoms with Crippen LogP contribution in [0.15, 0.2) is 18.2 Å². The van der Waals surface area contributed by atoms with Gasteiger partial charge in [-0.05, 0) is 30.5 Å². The summed E-state index contributed by atoms with van der Waals surface area (Å²) in [6, 6.07) is 4.93. The van der Waals surface area contributed by atoms with Gasteiger partial charge in [0.1, 0.15) is 5.54 Å².